The van der Waals surface area contributed by atoms with Crippen molar-refractivity contribution in [2.24, 2.45) is 0 Å². The molecule has 4 aromatic rings. The minimum Gasteiger partial charge on any atom is -0.394 e. The van der Waals surface area contributed by atoms with Crippen LogP contribution in [-0.4, -0.2) is 71.0 Å². The predicted molar refractivity (Wildman–Crippen MR) is 142 cm³/mol. The van der Waals surface area contributed by atoms with Gasteiger partial charge < -0.3 is 25.0 Å². The number of halogens is 1. The first kappa shape index (κ1) is 27.0. The van der Waals surface area contributed by atoms with E-state index in [1.165, 1.54) is 0 Å². The van der Waals surface area contributed by atoms with Crippen LogP contribution in [0.15, 0.2) is 45.7 Å². The van der Waals surface area contributed by atoms with Gasteiger partial charge in [0.15, 0.2) is 5.69 Å². The number of nitrogens with one attached hydrogen (secondary N) is 1. The number of anilines is 1. The zero-order valence-electron chi connectivity index (χ0n) is 19.8. The Labute approximate surface area is 223 Å². The van der Waals surface area contributed by atoms with Crippen LogP contribution in [0.2, 0.25) is 0 Å². The Morgan fingerprint density at radius 3 is 2.43 bits per heavy atom. The molecule has 1 amide bonds. The summed E-state index contributed by atoms with van der Waals surface area (Å²) in [7, 11) is 0. The highest BCUT2D eigenvalue weighted by Crippen LogP contribution is 2.27. The largest absolute Gasteiger partial charge is 0.394 e. The second-order valence-electron chi connectivity index (χ2n) is 8.48. The van der Waals surface area contributed by atoms with E-state index in [0.29, 0.717) is 16.0 Å². The number of fused-ring (bicyclic) bond motifs is 1. The summed E-state index contributed by atoms with van der Waals surface area (Å²) in [6.07, 6.45) is -4.94. The molecule has 0 aliphatic heterocycles. The molecule has 5 N–H and O–H groups in total. The third-order valence-electron chi connectivity index (χ3n) is 5.86. The maximum absolute atomic E-state index is 13.4. The summed E-state index contributed by atoms with van der Waals surface area (Å²) >= 11 is 4.49. The van der Waals surface area contributed by atoms with E-state index in [9.17, 15) is 24.9 Å². The van der Waals surface area contributed by atoms with Gasteiger partial charge in [0.2, 0.25) is 5.13 Å². The summed E-state index contributed by atoms with van der Waals surface area (Å²) in [6.45, 7) is 2.46. The van der Waals surface area contributed by atoms with E-state index in [1.54, 1.807) is 12.1 Å². The van der Waals surface area contributed by atoms with Crippen molar-refractivity contribution in [1.82, 2.24) is 19.7 Å². The number of benzene rings is 2. The Hall–Kier alpha value is -3.07. The van der Waals surface area contributed by atoms with E-state index in [-0.39, 0.29) is 5.13 Å². The van der Waals surface area contributed by atoms with Gasteiger partial charge in [-0.15, -0.1) is 10.2 Å². The van der Waals surface area contributed by atoms with Crippen molar-refractivity contribution < 1.29 is 25.2 Å². The summed E-state index contributed by atoms with van der Waals surface area (Å²) in [6, 6.07) is 10.8. The van der Waals surface area contributed by atoms with Crippen LogP contribution in [0.3, 0.4) is 0 Å². The summed E-state index contributed by atoms with van der Waals surface area (Å²) in [5.41, 5.74) is 1.93. The third kappa shape index (κ3) is 5.76. The molecule has 2 heterocycles. The summed E-state index contributed by atoms with van der Waals surface area (Å²) in [5, 5.41) is 50.7. The Morgan fingerprint density at radius 2 is 1.76 bits per heavy atom. The number of hydrogen-bond acceptors (Lipinski definition) is 10. The average molecular weight is 590 g/mol. The zero-order valence-corrected chi connectivity index (χ0v) is 22.2. The summed E-state index contributed by atoms with van der Waals surface area (Å²) < 4.78 is 2.02. The first-order chi connectivity index (χ1) is 17.6. The van der Waals surface area contributed by atoms with E-state index in [2.05, 4.69) is 36.4 Å². The highest BCUT2D eigenvalue weighted by atomic mass is 79.9. The first-order valence-corrected chi connectivity index (χ1v) is 12.8. The molecule has 0 spiro atoms. The van der Waals surface area contributed by atoms with E-state index >= 15 is 0 Å². The Bertz CT molecular complexity index is 1510. The fourth-order valence-corrected chi connectivity index (χ4v) is 4.63. The minimum absolute atomic E-state index is 0.164. The SMILES string of the molecule is Cc1cc2nc(C(=O)Nc3nnc(-c4ccc(Br)cc4)s3)c(=O)n(CC(O)C(O)C(O)CO)c2cc1C. The predicted octanol–water partition coefficient (Wildman–Crippen LogP) is 1.62. The van der Waals surface area contributed by atoms with Crippen molar-refractivity contribution in [1.29, 1.82) is 0 Å². The molecule has 11 nitrogen and oxygen atoms in total. The number of hydrogen-bond donors (Lipinski definition) is 5. The van der Waals surface area contributed by atoms with Gasteiger partial charge in [0.1, 0.15) is 23.3 Å². The Morgan fingerprint density at radius 1 is 1.08 bits per heavy atom. The van der Waals surface area contributed by atoms with Gasteiger partial charge in [0, 0.05) is 10.0 Å². The highest BCUT2D eigenvalue weighted by Gasteiger charge is 2.27. The van der Waals surface area contributed by atoms with Gasteiger partial charge in [-0.2, -0.15) is 0 Å². The molecule has 3 unspecified atom stereocenters. The van der Waals surface area contributed by atoms with E-state index in [1.807, 2.05) is 38.1 Å². The van der Waals surface area contributed by atoms with Crippen LogP contribution in [0, 0.1) is 13.8 Å². The number of amides is 1. The summed E-state index contributed by atoms with van der Waals surface area (Å²) in [5.74, 6) is -0.817. The average Bonchev–Trinajstić information content (AvgIpc) is 3.34. The lowest BCUT2D eigenvalue weighted by Crippen LogP contribution is -2.44. The molecule has 0 bridgehead atoms. The van der Waals surface area contributed by atoms with Gasteiger partial charge in [0.25, 0.3) is 11.5 Å². The van der Waals surface area contributed by atoms with E-state index in [0.717, 1.165) is 37.1 Å². The lowest BCUT2D eigenvalue weighted by atomic mass is 10.1. The molecule has 0 aliphatic carbocycles. The number of rotatable bonds is 8. The van der Waals surface area contributed by atoms with Crippen LogP contribution in [0.5, 0.6) is 0 Å². The Balaban J connectivity index is 1.70. The molecule has 0 saturated heterocycles. The normalized spacial score (nSPS) is 13.9. The zero-order chi connectivity index (χ0) is 26.9. The van der Waals surface area contributed by atoms with Crippen molar-refractivity contribution in [2.75, 3.05) is 11.9 Å². The van der Waals surface area contributed by atoms with Crippen LogP contribution in [0.1, 0.15) is 21.6 Å². The van der Waals surface area contributed by atoms with Crippen molar-refractivity contribution in [3.63, 3.8) is 0 Å². The Kier molecular flexibility index (Phi) is 8.11. The van der Waals surface area contributed by atoms with Crippen LogP contribution < -0.4 is 10.9 Å². The molecule has 0 saturated carbocycles. The first-order valence-electron chi connectivity index (χ1n) is 11.2. The molecule has 194 valence electrons. The standard InChI is InChI=1S/C24H24BrN5O6S/c1-11-7-15-16(8-12(11)2)30(9-17(32)20(34)18(33)10-31)23(36)19(26-15)21(35)27-24-29-28-22(37-24)13-3-5-14(25)6-4-13/h3-8,17-18,20,31-34H,9-10H2,1-2H3,(H,27,29,35). The van der Waals surface area contributed by atoms with Crippen LogP contribution >= 0.6 is 27.3 Å². The fourth-order valence-electron chi connectivity index (χ4n) is 3.62. The molecule has 4 rings (SSSR count). The second kappa shape index (κ2) is 11.1. The number of carbonyl (C=O) groups is 1. The van der Waals surface area contributed by atoms with Gasteiger partial charge in [-0.3, -0.25) is 14.9 Å². The van der Waals surface area contributed by atoms with Gasteiger partial charge in [-0.25, -0.2) is 4.98 Å². The smallest absolute Gasteiger partial charge is 0.282 e. The van der Waals surface area contributed by atoms with E-state index in [4.69, 9.17) is 5.11 Å². The van der Waals surface area contributed by atoms with Crippen LogP contribution in [0.4, 0.5) is 5.13 Å². The molecule has 0 aliphatic rings. The lowest BCUT2D eigenvalue weighted by Gasteiger charge is -2.23. The van der Waals surface area contributed by atoms with Crippen LogP contribution in [0.25, 0.3) is 21.6 Å². The molecule has 2 aromatic carbocycles. The molecule has 0 fully saturated rings. The van der Waals surface area contributed by atoms with Crippen molar-refractivity contribution in [3.05, 3.63) is 68.0 Å². The van der Waals surface area contributed by atoms with Crippen molar-refractivity contribution in [2.45, 2.75) is 38.7 Å². The van der Waals surface area contributed by atoms with Gasteiger partial charge in [-0.05, 0) is 49.2 Å². The molecule has 37 heavy (non-hydrogen) atoms. The number of aliphatic hydroxyl groups is 4. The number of aryl methyl sites for hydroxylation is 2. The minimum atomic E-state index is -1.72. The van der Waals surface area contributed by atoms with Crippen LogP contribution in [-0.2, 0) is 6.54 Å². The summed E-state index contributed by atoms with van der Waals surface area (Å²) in [4.78, 5) is 30.8. The number of aromatic nitrogens is 4. The molecular formula is C24H24BrN5O6S. The maximum atomic E-state index is 13.4. The molecule has 3 atom stereocenters. The monoisotopic (exact) mass is 589 g/mol. The maximum Gasteiger partial charge on any atom is 0.282 e. The number of nitrogens with zero attached hydrogens (tertiary/aromatic N) is 4. The topological polar surface area (TPSA) is 171 Å². The quantitative estimate of drug-likeness (QED) is 0.205. The molecule has 0 radical (unpaired) electrons. The highest BCUT2D eigenvalue weighted by molar-refractivity contribution is 9.10. The molecule has 2 aromatic heterocycles. The van der Waals surface area contributed by atoms with Gasteiger partial charge >= 0.3 is 0 Å². The van der Waals surface area contributed by atoms with Gasteiger partial charge in [-0.1, -0.05) is 39.4 Å². The van der Waals surface area contributed by atoms with Gasteiger partial charge in [0.05, 0.1) is 24.2 Å². The number of aliphatic hydroxyl groups excluding tert-OH is 4. The van der Waals surface area contributed by atoms with Crippen molar-refractivity contribution >= 4 is 49.3 Å². The molecule has 13 heteroatoms. The second-order valence-corrected chi connectivity index (χ2v) is 10.4. The third-order valence-corrected chi connectivity index (χ3v) is 7.27. The fraction of sp³-hybridized carbons (Fsp3) is 0.292. The van der Waals surface area contributed by atoms with Crippen molar-refractivity contribution in [3.8, 4) is 10.6 Å². The number of carbonyl (C=O) groups excluding carboxylic acids is 1. The van der Waals surface area contributed by atoms with E-state index < -0.39 is 48.6 Å². The lowest BCUT2D eigenvalue weighted by molar-refractivity contribution is -0.0805. The molecular weight excluding hydrogens is 566 g/mol.